The molecule has 2 rings (SSSR count). The van der Waals surface area contributed by atoms with Crippen LogP contribution in [-0.4, -0.2) is 25.9 Å². The van der Waals surface area contributed by atoms with Gasteiger partial charge in [0, 0.05) is 36.3 Å². The van der Waals surface area contributed by atoms with Crippen molar-refractivity contribution in [2.45, 2.75) is 6.54 Å². The standard InChI is InChI=1S/C13H12N6O3S/c20-12(9-2-1-3-11(6-9)19(21)22)17-13(23)18-16-8-10-7-14-4-5-15-10/h1-7,16H,8H2,(H2,17,18,20,23). The molecule has 1 heterocycles. The molecule has 2 aromatic rings. The lowest BCUT2D eigenvalue weighted by molar-refractivity contribution is -0.384. The minimum atomic E-state index is -0.574. The molecule has 1 aromatic heterocycles. The van der Waals surface area contributed by atoms with Crippen LogP contribution in [0.15, 0.2) is 42.9 Å². The van der Waals surface area contributed by atoms with Crippen molar-refractivity contribution in [2.75, 3.05) is 0 Å². The van der Waals surface area contributed by atoms with Gasteiger partial charge in [0.15, 0.2) is 5.11 Å². The number of hydrazine groups is 1. The van der Waals surface area contributed by atoms with Gasteiger partial charge in [0.1, 0.15) is 0 Å². The number of carbonyl (C=O) groups excluding carboxylic acids is 1. The zero-order valence-electron chi connectivity index (χ0n) is 11.7. The minimum absolute atomic E-state index is 0.0328. The topological polar surface area (TPSA) is 122 Å². The first kappa shape index (κ1) is 16.4. The predicted molar refractivity (Wildman–Crippen MR) is 85.2 cm³/mol. The molecule has 0 bridgehead atoms. The lowest BCUT2D eigenvalue weighted by Crippen LogP contribution is -2.45. The van der Waals surface area contributed by atoms with Crippen LogP contribution in [0.5, 0.6) is 0 Å². The van der Waals surface area contributed by atoms with Crippen LogP contribution < -0.4 is 16.2 Å². The minimum Gasteiger partial charge on any atom is -0.298 e. The first-order chi connectivity index (χ1) is 11.1. The summed E-state index contributed by atoms with van der Waals surface area (Å²) in [7, 11) is 0. The van der Waals surface area contributed by atoms with Crippen LogP contribution in [0.2, 0.25) is 0 Å². The van der Waals surface area contributed by atoms with Crippen molar-refractivity contribution in [2.24, 2.45) is 0 Å². The van der Waals surface area contributed by atoms with Gasteiger partial charge in [0.25, 0.3) is 11.6 Å². The Balaban J connectivity index is 1.84. The van der Waals surface area contributed by atoms with E-state index in [1.807, 2.05) is 0 Å². The predicted octanol–water partition coefficient (Wildman–Crippen LogP) is 0.694. The zero-order chi connectivity index (χ0) is 16.7. The number of thiocarbonyl (C=S) groups is 1. The molecular weight excluding hydrogens is 320 g/mol. The number of benzene rings is 1. The van der Waals surface area contributed by atoms with Gasteiger partial charge >= 0.3 is 0 Å². The van der Waals surface area contributed by atoms with Crippen LogP contribution in [0.1, 0.15) is 16.1 Å². The number of nitro benzene ring substituents is 1. The summed E-state index contributed by atoms with van der Waals surface area (Å²) in [6.45, 7) is 0.348. The van der Waals surface area contributed by atoms with Crippen molar-refractivity contribution in [3.63, 3.8) is 0 Å². The van der Waals surface area contributed by atoms with E-state index in [0.29, 0.717) is 12.2 Å². The molecule has 0 fully saturated rings. The Morgan fingerprint density at radius 3 is 2.87 bits per heavy atom. The van der Waals surface area contributed by atoms with Crippen molar-refractivity contribution in [3.8, 4) is 0 Å². The summed E-state index contributed by atoms with van der Waals surface area (Å²) in [6.07, 6.45) is 4.69. The van der Waals surface area contributed by atoms with Crippen molar-refractivity contribution in [3.05, 3.63) is 64.2 Å². The fourth-order valence-corrected chi connectivity index (χ4v) is 1.77. The summed E-state index contributed by atoms with van der Waals surface area (Å²) >= 11 is 4.95. The SMILES string of the molecule is O=C(NC(=S)NNCc1cnccn1)c1cccc([N+](=O)[O-])c1. The zero-order valence-corrected chi connectivity index (χ0v) is 12.5. The van der Waals surface area contributed by atoms with Crippen LogP contribution in [0.25, 0.3) is 0 Å². The maximum Gasteiger partial charge on any atom is 0.270 e. The van der Waals surface area contributed by atoms with Gasteiger partial charge < -0.3 is 0 Å². The van der Waals surface area contributed by atoms with Gasteiger partial charge in [-0.2, -0.15) is 0 Å². The third-order valence-electron chi connectivity index (χ3n) is 2.63. The maximum atomic E-state index is 12.0. The molecule has 0 unspecified atom stereocenters. The van der Waals surface area contributed by atoms with E-state index in [9.17, 15) is 14.9 Å². The third kappa shape index (κ3) is 5.05. The van der Waals surface area contributed by atoms with Crippen LogP contribution in [0.3, 0.4) is 0 Å². The van der Waals surface area contributed by atoms with E-state index in [1.165, 1.54) is 24.3 Å². The fraction of sp³-hybridized carbons (Fsp3) is 0.0769. The van der Waals surface area contributed by atoms with E-state index in [4.69, 9.17) is 12.2 Å². The summed E-state index contributed by atoms with van der Waals surface area (Å²) in [5, 5.41) is 13.1. The summed E-state index contributed by atoms with van der Waals surface area (Å²) in [6, 6.07) is 5.36. The van der Waals surface area contributed by atoms with E-state index in [2.05, 4.69) is 26.1 Å². The highest BCUT2D eigenvalue weighted by Gasteiger charge is 2.12. The number of nitrogens with one attached hydrogen (secondary N) is 3. The van der Waals surface area contributed by atoms with Gasteiger partial charge in [-0.25, -0.2) is 5.43 Å². The Hall–Kier alpha value is -2.98. The number of nitro groups is 1. The van der Waals surface area contributed by atoms with E-state index >= 15 is 0 Å². The first-order valence-corrected chi connectivity index (χ1v) is 6.80. The van der Waals surface area contributed by atoms with Crippen LogP contribution in [-0.2, 0) is 6.54 Å². The van der Waals surface area contributed by atoms with E-state index in [0.717, 1.165) is 0 Å². The summed E-state index contributed by atoms with van der Waals surface area (Å²) < 4.78 is 0. The van der Waals surface area contributed by atoms with Gasteiger partial charge in [-0.1, -0.05) is 6.07 Å². The molecular formula is C13H12N6O3S. The number of hydrogen-bond donors (Lipinski definition) is 3. The van der Waals surface area contributed by atoms with E-state index in [1.54, 1.807) is 18.6 Å². The molecule has 1 aromatic carbocycles. The number of amides is 1. The highest BCUT2D eigenvalue weighted by Crippen LogP contribution is 2.12. The van der Waals surface area contributed by atoms with Crippen LogP contribution >= 0.6 is 12.2 Å². The number of hydrogen-bond acceptors (Lipinski definition) is 7. The number of rotatable bonds is 5. The average molecular weight is 332 g/mol. The van der Waals surface area contributed by atoms with Gasteiger partial charge in [-0.15, -0.1) is 0 Å². The number of non-ortho nitro benzene ring substituents is 1. The second kappa shape index (κ2) is 7.87. The highest BCUT2D eigenvalue weighted by molar-refractivity contribution is 7.80. The smallest absolute Gasteiger partial charge is 0.270 e. The molecule has 0 aliphatic rings. The number of nitrogens with zero attached hydrogens (tertiary/aromatic N) is 3. The van der Waals surface area contributed by atoms with Crippen LogP contribution in [0, 0.1) is 10.1 Å². The normalized spacial score (nSPS) is 9.91. The molecule has 23 heavy (non-hydrogen) atoms. The summed E-state index contributed by atoms with van der Waals surface area (Å²) in [5.74, 6) is -0.549. The number of carbonyl (C=O) groups is 1. The average Bonchev–Trinajstić information content (AvgIpc) is 2.56. The quantitative estimate of drug-likeness (QED) is 0.415. The molecule has 118 valence electrons. The molecule has 0 aliphatic heterocycles. The van der Waals surface area contributed by atoms with Crippen molar-refractivity contribution in [1.82, 2.24) is 26.1 Å². The largest absolute Gasteiger partial charge is 0.298 e. The highest BCUT2D eigenvalue weighted by atomic mass is 32.1. The van der Waals surface area contributed by atoms with Crippen molar-refractivity contribution in [1.29, 1.82) is 0 Å². The Morgan fingerprint density at radius 2 is 2.17 bits per heavy atom. The lowest BCUT2D eigenvalue weighted by atomic mass is 10.2. The Labute approximate surface area is 136 Å². The number of aromatic nitrogens is 2. The molecule has 9 nitrogen and oxygen atoms in total. The molecule has 1 amide bonds. The molecule has 10 heteroatoms. The summed E-state index contributed by atoms with van der Waals surface area (Å²) in [4.78, 5) is 30.0. The van der Waals surface area contributed by atoms with Gasteiger partial charge in [-0.3, -0.25) is 35.6 Å². The molecule has 0 saturated carbocycles. The fourth-order valence-electron chi connectivity index (χ4n) is 1.60. The molecule has 0 atom stereocenters. The first-order valence-electron chi connectivity index (χ1n) is 6.40. The Bertz CT molecular complexity index is 725. The summed E-state index contributed by atoms with van der Waals surface area (Å²) in [5.41, 5.74) is 6.04. The molecule has 0 spiro atoms. The lowest BCUT2D eigenvalue weighted by Gasteiger charge is -2.10. The van der Waals surface area contributed by atoms with Gasteiger partial charge in [0.2, 0.25) is 0 Å². The molecule has 0 aliphatic carbocycles. The molecule has 3 N–H and O–H groups in total. The van der Waals surface area contributed by atoms with Crippen molar-refractivity contribution >= 4 is 28.9 Å². The Kier molecular flexibility index (Phi) is 5.61. The van der Waals surface area contributed by atoms with E-state index < -0.39 is 10.8 Å². The third-order valence-corrected chi connectivity index (χ3v) is 2.84. The molecule has 0 radical (unpaired) electrons. The molecule has 0 saturated heterocycles. The monoisotopic (exact) mass is 332 g/mol. The van der Waals surface area contributed by atoms with Gasteiger partial charge in [-0.05, 0) is 18.3 Å². The maximum absolute atomic E-state index is 12.0. The van der Waals surface area contributed by atoms with Gasteiger partial charge in [0.05, 0.1) is 17.2 Å². The van der Waals surface area contributed by atoms with E-state index in [-0.39, 0.29) is 16.4 Å². The Morgan fingerprint density at radius 1 is 1.35 bits per heavy atom. The second-order valence-electron chi connectivity index (χ2n) is 4.27. The van der Waals surface area contributed by atoms with Crippen molar-refractivity contribution < 1.29 is 9.72 Å². The second-order valence-corrected chi connectivity index (χ2v) is 4.67. The van der Waals surface area contributed by atoms with Crippen LogP contribution in [0.4, 0.5) is 5.69 Å².